The highest BCUT2D eigenvalue weighted by molar-refractivity contribution is 5.19. The molecule has 0 aliphatic heterocycles. The van der Waals surface area contributed by atoms with Crippen LogP contribution in [-0.2, 0) is 12.8 Å². The van der Waals surface area contributed by atoms with Crippen LogP contribution < -0.4 is 0 Å². The summed E-state index contributed by atoms with van der Waals surface area (Å²) in [5.74, 6) is 0. The molecule has 0 aliphatic rings. The van der Waals surface area contributed by atoms with E-state index in [4.69, 9.17) is 0 Å². The monoisotopic (exact) mass is 182 g/mol. The van der Waals surface area contributed by atoms with Crippen molar-refractivity contribution >= 4 is 0 Å². The van der Waals surface area contributed by atoms with E-state index >= 15 is 0 Å². The van der Waals surface area contributed by atoms with E-state index < -0.39 is 0 Å². The molecule has 0 aliphatic carbocycles. The maximum absolute atomic E-state index is 3.03. The van der Waals surface area contributed by atoms with E-state index in [1.165, 1.54) is 11.1 Å². The van der Waals surface area contributed by atoms with Gasteiger partial charge in [-0.05, 0) is 30.0 Å². The number of hydrogen-bond donors (Lipinski definition) is 0. The minimum Gasteiger partial charge on any atom is -0.0622 e. The molecule has 0 fully saturated rings. The summed E-state index contributed by atoms with van der Waals surface area (Å²) in [4.78, 5) is 0. The van der Waals surface area contributed by atoms with E-state index in [0.717, 1.165) is 12.8 Å². The standard InChI is InChI=1S/C14H13/c1-3-7-13(8-4-1)11-12-14-9-5-2-6-10-14/h1,3-10H,11-12H2/p+1. The average molecular weight is 182 g/mol. The first-order chi connectivity index (χ1) is 6.95. The Morgan fingerprint density at radius 3 is 2.00 bits per heavy atom. The summed E-state index contributed by atoms with van der Waals surface area (Å²) >= 11 is 0. The summed E-state index contributed by atoms with van der Waals surface area (Å²) < 4.78 is 0. The Bertz CT molecular complexity index is 328. The quantitative estimate of drug-likeness (QED) is 0.682. The predicted octanol–water partition coefficient (Wildman–Crippen LogP) is 3.38. The number of aryl methyl sites for hydroxylation is 2. The van der Waals surface area contributed by atoms with Crippen molar-refractivity contribution < 1.29 is 1.43 Å². The molecule has 0 saturated heterocycles. The Hall–Kier alpha value is -1.56. The molecular formula is C14H14+. The molecule has 0 spiro atoms. The van der Waals surface area contributed by atoms with Crippen molar-refractivity contribution in [2.24, 2.45) is 0 Å². The maximum atomic E-state index is 3.03. The van der Waals surface area contributed by atoms with Gasteiger partial charge in [-0.3, -0.25) is 0 Å². The van der Waals surface area contributed by atoms with Crippen molar-refractivity contribution in [2.75, 3.05) is 0 Å². The first-order valence-electron chi connectivity index (χ1n) is 4.94. The molecule has 0 aromatic heterocycles. The summed E-state index contributed by atoms with van der Waals surface area (Å²) in [7, 11) is 0. The summed E-state index contributed by atoms with van der Waals surface area (Å²) in [5, 5.41) is 0. The third-order valence-electron chi connectivity index (χ3n) is 2.33. The number of hydrogen-bond acceptors (Lipinski definition) is 0. The topological polar surface area (TPSA) is 0 Å². The molecule has 0 N–H and O–H groups in total. The lowest BCUT2D eigenvalue weighted by atomic mass is 10.0. The van der Waals surface area contributed by atoms with Crippen molar-refractivity contribution in [1.29, 1.82) is 0 Å². The molecule has 69 valence electrons. The van der Waals surface area contributed by atoms with Gasteiger partial charge in [0.1, 0.15) is 0 Å². The largest absolute Gasteiger partial charge is 1.00 e. The van der Waals surface area contributed by atoms with Gasteiger partial charge in [0, 0.05) is 0 Å². The van der Waals surface area contributed by atoms with Gasteiger partial charge in [0.05, 0.1) is 0 Å². The molecule has 0 heteroatoms. The molecule has 0 heterocycles. The second-order valence-electron chi connectivity index (χ2n) is 3.39. The summed E-state index contributed by atoms with van der Waals surface area (Å²) in [6.07, 6.45) is 2.23. The lowest BCUT2D eigenvalue weighted by molar-refractivity contribution is 0.960. The van der Waals surface area contributed by atoms with E-state index in [2.05, 4.69) is 48.5 Å². The minimum atomic E-state index is 0. The highest BCUT2D eigenvalue weighted by atomic mass is 14.0. The van der Waals surface area contributed by atoms with E-state index in [0.29, 0.717) is 0 Å². The van der Waals surface area contributed by atoms with Gasteiger partial charge in [0.25, 0.3) is 0 Å². The molecule has 0 atom stereocenters. The van der Waals surface area contributed by atoms with E-state index in [-0.39, 0.29) is 1.43 Å². The van der Waals surface area contributed by atoms with Crippen LogP contribution in [0.2, 0.25) is 0 Å². The molecule has 0 nitrogen and oxygen atoms in total. The van der Waals surface area contributed by atoms with Gasteiger partial charge in [-0.25, -0.2) is 0 Å². The van der Waals surface area contributed by atoms with Gasteiger partial charge in [0.2, 0.25) is 0 Å². The highest BCUT2D eigenvalue weighted by Gasteiger charge is 1.93. The van der Waals surface area contributed by atoms with Crippen LogP contribution in [0.25, 0.3) is 0 Å². The molecule has 2 aromatic rings. The number of rotatable bonds is 3. The Morgan fingerprint density at radius 1 is 0.786 bits per heavy atom. The molecule has 0 amide bonds. The smallest absolute Gasteiger partial charge is 0.0622 e. The molecule has 0 saturated carbocycles. The Kier molecular flexibility index (Phi) is 2.97. The first kappa shape index (κ1) is 9.01. The highest BCUT2D eigenvalue weighted by Crippen LogP contribution is 2.06. The van der Waals surface area contributed by atoms with Crippen molar-refractivity contribution in [3.8, 4) is 0 Å². The van der Waals surface area contributed by atoms with Gasteiger partial charge in [-0.2, -0.15) is 0 Å². The van der Waals surface area contributed by atoms with E-state index in [1.54, 1.807) is 0 Å². The van der Waals surface area contributed by atoms with E-state index in [9.17, 15) is 0 Å². The lowest BCUT2D eigenvalue weighted by Crippen LogP contribution is -1.89. The Labute approximate surface area is 86.7 Å². The summed E-state index contributed by atoms with van der Waals surface area (Å²) in [6, 6.07) is 21.8. The van der Waals surface area contributed by atoms with Crippen LogP contribution in [0, 0.1) is 6.07 Å². The molecule has 1 radical (unpaired) electrons. The summed E-state index contributed by atoms with van der Waals surface area (Å²) in [6.45, 7) is 0. The third kappa shape index (κ3) is 2.46. The van der Waals surface area contributed by atoms with Crippen molar-refractivity contribution in [3.05, 3.63) is 71.8 Å². The zero-order valence-electron chi connectivity index (χ0n) is 9.11. The second-order valence-corrected chi connectivity index (χ2v) is 3.39. The Morgan fingerprint density at radius 2 is 1.36 bits per heavy atom. The molecule has 0 unspecified atom stereocenters. The van der Waals surface area contributed by atoms with Gasteiger partial charge >= 0.3 is 1.43 Å². The van der Waals surface area contributed by atoms with Gasteiger partial charge < -0.3 is 0 Å². The van der Waals surface area contributed by atoms with Gasteiger partial charge in [-0.15, -0.1) is 0 Å². The zero-order chi connectivity index (χ0) is 9.64. The van der Waals surface area contributed by atoms with E-state index in [1.807, 2.05) is 12.1 Å². The molecule has 14 heavy (non-hydrogen) atoms. The molecule has 0 bridgehead atoms. The third-order valence-corrected chi connectivity index (χ3v) is 2.33. The van der Waals surface area contributed by atoms with Crippen molar-refractivity contribution in [3.63, 3.8) is 0 Å². The first-order valence-corrected chi connectivity index (χ1v) is 4.94. The second kappa shape index (κ2) is 4.61. The van der Waals surface area contributed by atoms with Gasteiger partial charge in [-0.1, -0.05) is 54.6 Å². The zero-order valence-corrected chi connectivity index (χ0v) is 8.11. The van der Waals surface area contributed by atoms with Crippen LogP contribution in [0.4, 0.5) is 0 Å². The Balaban J connectivity index is 0.00000112. The van der Waals surface area contributed by atoms with Crippen molar-refractivity contribution in [1.82, 2.24) is 0 Å². The fraction of sp³-hybridized carbons (Fsp3) is 0.143. The van der Waals surface area contributed by atoms with Crippen LogP contribution in [0.1, 0.15) is 12.6 Å². The lowest BCUT2D eigenvalue weighted by Gasteiger charge is -2.00. The summed E-state index contributed by atoms with van der Waals surface area (Å²) in [5.41, 5.74) is 2.79. The number of benzene rings is 2. The predicted molar refractivity (Wildman–Crippen MR) is 60.2 cm³/mol. The van der Waals surface area contributed by atoms with Crippen molar-refractivity contribution in [2.45, 2.75) is 12.8 Å². The van der Waals surface area contributed by atoms with Crippen LogP contribution in [0.5, 0.6) is 0 Å². The maximum Gasteiger partial charge on any atom is 1.00 e. The fourth-order valence-corrected chi connectivity index (χ4v) is 1.52. The van der Waals surface area contributed by atoms with Crippen LogP contribution in [-0.4, -0.2) is 0 Å². The SMILES string of the molecule is [H+].[c]1ccc(CCc2ccccc2)cc1. The normalized spacial score (nSPS) is 10.0. The fourth-order valence-electron chi connectivity index (χ4n) is 1.52. The molecule has 2 aromatic carbocycles. The average Bonchev–Trinajstić information content (AvgIpc) is 2.29. The van der Waals surface area contributed by atoms with Crippen LogP contribution in [0.3, 0.4) is 0 Å². The van der Waals surface area contributed by atoms with Gasteiger partial charge in [0.15, 0.2) is 0 Å². The molecular weight excluding hydrogens is 168 g/mol. The minimum absolute atomic E-state index is 0. The van der Waals surface area contributed by atoms with Crippen LogP contribution in [0.15, 0.2) is 54.6 Å². The molecule has 2 rings (SSSR count). The van der Waals surface area contributed by atoms with Crippen LogP contribution >= 0.6 is 0 Å².